The summed E-state index contributed by atoms with van der Waals surface area (Å²) < 4.78 is 32.6. The first-order valence-corrected chi connectivity index (χ1v) is 10.1. The second kappa shape index (κ2) is 7.47. The Hall–Kier alpha value is -3.14. The maximum absolute atomic E-state index is 12.6. The van der Waals surface area contributed by atoms with Crippen molar-refractivity contribution in [3.05, 3.63) is 63.1 Å². The number of nitrogens with one attached hydrogen (secondary N) is 1. The van der Waals surface area contributed by atoms with Gasteiger partial charge >= 0.3 is 11.1 Å². The first kappa shape index (κ1) is 19.6. The van der Waals surface area contributed by atoms with E-state index >= 15 is 0 Å². The fourth-order valence-electron chi connectivity index (χ4n) is 2.79. The number of nitrogens with zero attached hydrogens (tertiary/aromatic N) is 2. The Bertz CT molecular complexity index is 1250. The van der Waals surface area contributed by atoms with Crippen LogP contribution in [-0.4, -0.2) is 29.2 Å². The second-order valence-electron chi connectivity index (χ2n) is 6.30. The number of amides is 1. The molecule has 0 unspecified atom stereocenters. The lowest BCUT2D eigenvalue weighted by Crippen LogP contribution is -2.39. The summed E-state index contributed by atoms with van der Waals surface area (Å²) in [5, 5.41) is 2.59. The maximum atomic E-state index is 12.6. The number of carbonyl (C=O) groups is 1. The molecule has 9 nitrogen and oxygen atoms in total. The van der Waals surface area contributed by atoms with Gasteiger partial charge in [0.25, 0.3) is 0 Å². The van der Waals surface area contributed by atoms with Gasteiger partial charge in [-0.1, -0.05) is 0 Å². The fourth-order valence-corrected chi connectivity index (χ4v) is 4.04. The van der Waals surface area contributed by atoms with E-state index in [4.69, 9.17) is 4.42 Å². The Morgan fingerprint density at radius 2 is 1.75 bits per heavy atom. The molecule has 3 rings (SSSR count). The topological polar surface area (TPSA) is 120 Å². The fraction of sp³-hybridized carbons (Fsp3) is 0.278. The van der Waals surface area contributed by atoms with E-state index < -0.39 is 26.9 Å². The quantitative estimate of drug-likeness (QED) is 0.590. The van der Waals surface area contributed by atoms with Gasteiger partial charge in [-0.05, 0) is 30.3 Å². The predicted octanol–water partition coefficient (Wildman–Crippen LogP) is 0.310. The molecule has 2 heterocycles. The average Bonchev–Trinajstić information content (AvgIpc) is 3.20. The molecule has 3 aromatic rings. The number of hydrogen-bond acceptors (Lipinski definition) is 6. The van der Waals surface area contributed by atoms with E-state index in [0.29, 0.717) is 16.8 Å². The lowest BCUT2D eigenvalue weighted by atomic mass is 10.3. The number of hydrogen-bond donors (Lipinski definition) is 1. The van der Waals surface area contributed by atoms with Gasteiger partial charge in [0.1, 0.15) is 5.76 Å². The van der Waals surface area contributed by atoms with Crippen molar-refractivity contribution in [2.75, 3.05) is 5.75 Å². The first-order valence-electron chi connectivity index (χ1n) is 8.42. The smallest absolute Gasteiger partial charge is 0.316 e. The van der Waals surface area contributed by atoms with Crippen molar-refractivity contribution >= 4 is 26.8 Å². The number of benzene rings is 1. The number of aryl methyl sites for hydroxylation is 2. The molecule has 0 fully saturated rings. The minimum atomic E-state index is -3.76. The van der Waals surface area contributed by atoms with Gasteiger partial charge in [-0.25, -0.2) is 8.42 Å². The summed E-state index contributed by atoms with van der Waals surface area (Å²) >= 11 is 0. The van der Waals surface area contributed by atoms with Crippen LogP contribution < -0.4 is 16.4 Å². The molecule has 28 heavy (non-hydrogen) atoms. The molecule has 1 amide bonds. The molecule has 0 aliphatic carbocycles. The van der Waals surface area contributed by atoms with E-state index in [-0.39, 0.29) is 23.6 Å². The molecule has 0 atom stereocenters. The SMILES string of the molecule is Cn1c(=O)c(=O)n(C)c2cc(S(=O)(=O)CCC(=O)NCc3ccco3)ccc21. The summed E-state index contributed by atoms with van der Waals surface area (Å²) in [5.41, 5.74) is -0.696. The lowest BCUT2D eigenvalue weighted by molar-refractivity contribution is -0.120. The van der Waals surface area contributed by atoms with Gasteiger partial charge in [0, 0.05) is 20.5 Å². The average molecular weight is 405 g/mol. The summed E-state index contributed by atoms with van der Waals surface area (Å²) in [7, 11) is -0.903. The molecular weight excluding hydrogens is 386 g/mol. The van der Waals surface area contributed by atoms with Crippen LogP contribution in [-0.2, 0) is 35.3 Å². The molecule has 2 aromatic heterocycles. The second-order valence-corrected chi connectivity index (χ2v) is 8.41. The molecule has 0 aliphatic heterocycles. The van der Waals surface area contributed by atoms with E-state index in [1.807, 2.05) is 0 Å². The number of aromatic nitrogens is 2. The van der Waals surface area contributed by atoms with Crippen LogP contribution in [0.15, 0.2) is 55.5 Å². The monoisotopic (exact) mass is 405 g/mol. The molecule has 0 radical (unpaired) electrons. The maximum Gasteiger partial charge on any atom is 0.316 e. The molecule has 10 heteroatoms. The van der Waals surface area contributed by atoms with Gasteiger partial charge in [-0.15, -0.1) is 0 Å². The number of carbonyl (C=O) groups excluding carboxylic acids is 1. The van der Waals surface area contributed by atoms with Crippen molar-refractivity contribution in [3.63, 3.8) is 0 Å². The standard InChI is InChI=1S/C18H19N3O6S/c1-20-14-6-5-13(10-15(14)21(2)18(24)17(20)23)28(25,26)9-7-16(22)19-11-12-4-3-8-27-12/h3-6,8,10H,7,9,11H2,1-2H3,(H,19,22). The van der Waals surface area contributed by atoms with Crippen molar-refractivity contribution in [2.45, 2.75) is 17.9 Å². The minimum Gasteiger partial charge on any atom is -0.467 e. The minimum absolute atomic E-state index is 0.0208. The summed E-state index contributed by atoms with van der Waals surface area (Å²) in [6.45, 7) is 0.179. The van der Waals surface area contributed by atoms with E-state index in [1.165, 1.54) is 43.1 Å². The highest BCUT2D eigenvalue weighted by Crippen LogP contribution is 2.18. The number of fused-ring (bicyclic) bond motifs is 1. The third kappa shape index (κ3) is 3.77. The molecule has 0 saturated carbocycles. The zero-order valence-electron chi connectivity index (χ0n) is 15.3. The third-order valence-corrected chi connectivity index (χ3v) is 6.17. The van der Waals surface area contributed by atoms with Crippen LogP contribution in [0.1, 0.15) is 12.2 Å². The van der Waals surface area contributed by atoms with E-state index in [1.54, 1.807) is 12.1 Å². The molecule has 0 bridgehead atoms. The van der Waals surface area contributed by atoms with Crippen molar-refractivity contribution in [1.82, 2.24) is 14.5 Å². The van der Waals surface area contributed by atoms with Gasteiger partial charge < -0.3 is 18.9 Å². The largest absolute Gasteiger partial charge is 0.467 e. The predicted molar refractivity (Wildman–Crippen MR) is 102 cm³/mol. The highest BCUT2D eigenvalue weighted by atomic mass is 32.2. The van der Waals surface area contributed by atoms with Crippen molar-refractivity contribution < 1.29 is 17.6 Å². The van der Waals surface area contributed by atoms with Gasteiger partial charge in [0.2, 0.25) is 5.91 Å². The van der Waals surface area contributed by atoms with Gasteiger partial charge in [0.15, 0.2) is 9.84 Å². The Balaban J connectivity index is 1.79. The van der Waals surface area contributed by atoms with E-state index in [0.717, 1.165) is 4.57 Å². The molecule has 0 spiro atoms. The number of furan rings is 1. The summed E-state index contributed by atoms with van der Waals surface area (Å²) in [4.78, 5) is 35.7. The molecule has 0 saturated heterocycles. The van der Waals surface area contributed by atoms with Crippen LogP contribution in [0.25, 0.3) is 11.0 Å². The van der Waals surface area contributed by atoms with Gasteiger partial charge in [0.05, 0.1) is 34.5 Å². The van der Waals surface area contributed by atoms with Crippen LogP contribution in [0.4, 0.5) is 0 Å². The molecular formula is C18H19N3O6S. The summed E-state index contributed by atoms with van der Waals surface area (Å²) in [6.07, 6.45) is 1.27. The molecule has 148 valence electrons. The van der Waals surface area contributed by atoms with Crippen LogP contribution in [0.3, 0.4) is 0 Å². The van der Waals surface area contributed by atoms with Crippen molar-refractivity contribution in [1.29, 1.82) is 0 Å². The van der Waals surface area contributed by atoms with E-state index in [9.17, 15) is 22.8 Å². The Morgan fingerprint density at radius 1 is 1.07 bits per heavy atom. The Labute approximate surface area is 160 Å². The summed E-state index contributed by atoms with van der Waals surface area (Å²) in [6, 6.07) is 7.56. The lowest BCUT2D eigenvalue weighted by Gasteiger charge is -2.11. The van der Waals surface area contributed by atoms with Crippen LogP contribution in [0.2, 0.25) is 0 Å². The van der Waals surface area contributed by atoms with Crippen molar-refractivity contribution in [2.24, 2.45) is 14.1 Å². The van der Waals surface area contributed by atoms with E-state index in [2.05, 4.69) is 5.32 Å². The Morgan fingerprint density at radius 3 is 2.39 bits per heavy atom. The molecule has 1 aromatic carbocycles. The van der Waals surface area contributed by atoms with Crippen molar-refractivity contribution in [3.8, 4) is 0 Å². The van der Waals surface area contributed by atoms with Crippen LogP contribution >= 0.6 is 0 Å². The zero-order valence-corrected chi connectivity index (χ0v) is 16.2. The molecule has 1 N–H and O–H groups in total. The van der Waals surface area contributed by atoms with Gasteiger partial charge in [-0.2, -0.15) is 0 Å². The molecule has 0 aliphatic rings. The van der Waals surface area contributed by atoms with Gasteiger partial charge in [-0.3, -0.25) is 14.4 Å². The number of sulfone groups is 1. The highest BCUT2D eigenvalue weighted by molar-refractivity contribution is 7.91. The third-order valence-electron chi connectivity index (χ3n) is 4.46. The van der Waals surface area contributed by atoms with Crippen LogP contribution in [0, 0.1) is 0 Å². The normalized spacial score (nSPS) is 11.6. The van der Waals surface area contributed by atoms with Crippen LogP contribution in [0.5, 0.6) is 0 Å². The summed E-state index contributed by atoms with van der Waals surface area (Å²) in [5.74, 6) is -0.241. The first-order chi connectivity index (χ1) is 13.2. The highest BCUT2D eigenvalue weighted by Gasteiger charge is 2.19. The zero-order chi connectivity index (χ0) is 20.5. The number of rotatable bonds is 6. The Kier molecular flexibility index (Phi) is 5.23.